The fourth-order valence-corrected chi connectivity index (χ4v) is 12.0. The molecule has 0 unspecified atom stereocenters. The number of fused-ring (bicyclic) bond motifs is 10. The Hall–Kier alpha value is -5.80. The van der Waals surface area contributed by atoms with E-state index in [1.807, 2.05) is 0 Å². The molecule has 3 aliphatic carbocycles. The number of rotatable bonds is 6. The first-order valence-electron chi connectivity index (χ1n) is 21.3. The highest BCUT2D eigenvalue weighted by atomic mass is 16.3. The highest BCUT2D eigenvalue weighted by molar-refractivity contribution is 5.91. The Morgan fingerprint density at radius 1 is 0.310 bits per heavy atom. The maximum absolute atomic E-state index is 14.1. The Labute approximate surface area is 341 Å². The molecule has 2 heteroatoms. The molecule has 8 aromatic carbocycles. The molecule has 284 valence electrons. The molecule has 0 aliphatic heterocycles. The van der Waals surface area contributed by atoms with Crippen molar-refractivity contribution in [2.75, 3.05) is 0 Å². The van der Waals surface area contributed by atoms with Gasteiger partial charge >= 0.3 is 0 Å². The zero-order chi connectivity index (χ0) is 39.6. The Morgan fingerprint density at radius 2 is 0.603 bits per heavy atom. The molecule has 3 aliphatic rings. The third-order valence-corrected chi connectivity index (χ3v) is 15.1. The summed E-state index contributed by atoms with van der Waals surface area (Å²) in [5.74, 6) is 0. The molecule has 0 aromatic heterocycles. The average Bonchev–Trinajstić information content (AvgIpc) is 3.73. The summed E-state index contributed by atoms with van der Waals surface area (Å²) in [5.41, 5.74) is 11.3. The molecule has 0 saturated heterocycles. The van der Waals surface area contributed by atoms with Crippen LogP contribution in [0.4, 0.5) is 0 Å². The lowest BCUT2D eigenvalue weighted by Gasteiger charge is -2.46. The van der Waals surface area contributed by atoms with Crippen LogP contribution in [0.25, 0.3) is 43.8 Å². The van der Waals surface area contributed by atoms with Gasteiger partial charge in [-0.15, -0.1) is 0 Å². The van der Waals surface area contributed by atoms with E-state index in [0.717, 1.165) is 58.4 Å². The van der Waals surface area contributed by atoms with Gasteiger partial charge in [0.15, 0.2) is 0 Å². The largest absolute Gasteiger partial charge is 0.376 e. The second-order valence-corrected chi connectivity index (χ2v) is 17.1. The molecule has 0 heterocycles. The first-order chi connectivity index (χ1) is 28.3. The lowest BCUT2D eigenvalue weighted by atomic mass is 9.62. The predicted octanol–water partition coefficient (Wildman–Crippen LogP) is 13.0. The van der Waals surface area contributed by atoms with Crippen molar-refractivity contribution < 1.29 is 10.2 Å². The summed E-state index contributed by atoms with van der Waals surface area (Å²) in [6.45, 7) is 9.17. The lowest BCUT2D eigenvalue weighted by Crippen LogP contribution is -2.44. The number of benzene rings is 8. The molecule has 0 fully saturated rings. The maximum atomic E-state index is 14.1. The Kier molecular flexibility index (Phi) is 7.53. The highest BCUT2D eigenvalue weighted by Crippen LogP contribution is 2.59. The van der Waals surface area contributed by atoms with Crippen molar-refractivity contribution in [1.82, 2.24) is 0 Å². The van der Waals surface area contributed by atoms with Crippen LogP contribution in [0.1, 0.15) is 109 Å². The van der Waals surface area contributed by atoms with Gasteiger partial charge in [-0.1, -0.05) is 161 Å². The van der Waals surface area contributed by atoms with Gasteiger partial charge in [-0.3, -0.25) is 0 Å². The lowest BCUT2D eigenvalue weighted by molar-refractivity contribution is 0.0751. The molecule has 0 amide bonds. The molecule has 0 atom stereocenters. The SMILES string of the molecule is CCC1(CC)c2ccccc2-c2ccc(C3(O)c4cc5ccccc5cc4C(O)(c4ccc5c(c4)C(CC)(CC)c4ccccc4-5)c4cc5ccccc5cc43)cc21. The summed E-state index contributed by atoms with van der Waals surface area (Å²) in [6.07, 6.45) is 3.82. The second kappa shape index (κ2) is 12.4. The van der Waals surface area contributed by atoms with Gasteiger partial charge in [0.2, 0.25) is 0 Å². The van der Waals surface area contributed by atoms with Crippen LogP contribution in [0.15, 0.2) is 158 Å². The van der Waals surface area contributed by atoms with Gasteiger partial charge in [0.05, 0.1) is 0 Å². The average molecular weight is 753 g/mol. The van der Waals surface area contributed by atoms with Crippen molar-refractivity contribution in [2.24, 2.45) is 0 Å². The Balaban J connectivity index is 1.24. The van der Waals surface area contributed by atoms with Gasteiger partial charge in [0.25, 0.3) is 0 Å². The normalized spacial score (nSPS) is 20.2. The van der Waals surface area contributed by atoms with Gasteiger partial charge in [-0.2, -0.15) is 0 Å². The van der Waals surface area contributed by atoms with E-state index >= 15 is 0 Å². The minimum Gasteiger partial charge on any atom is -0.376 e. The van der Waals surface area contributed by atoms with Crippen LogP contribution in [0.2, 0.25) is 0 Å². The van der Waals surface area contributed by atoms with E-state index in [2.05, 4.69) is 185 Å². The van der Waals surface area contributed by atoms with Crippen molar-refractivity contribution >= 4 is 21.5 Å². The van der Waals surface area contributed by atoms with Crippen molar-refractivity contribution in [1.29, 1.82) is 0 Å². The van der Waals surface area contributed by atoms with Crippen LogP contribution < -0.4 is 0 Å². The fraction of sp³-hybridized carbons (Fsp3) is 0.214. The minimum absolute atomic E-state index is 0.167. The standard InChI is InChI=1S/C56H48O2/c1-5-53(6-2)45-23-15-13-21-41(45)43-27-25-39(33-47(43)53)55(57)49-29-35-17-9-11-19-37(35)31-51(49)56(58,52-32-38-20-12-10-18-36(38)30-50(52)55)40-26-28-44-42-22-14-16-24-46(42)54(7-3,8-4)48(44)34-40/h9-34,57-58H,5-8H2,1-4H3. The molecule has 8 aromatic rings. The fourth-order valence-electron chi connectivity index (χ4n) is 12.0. The number of hydrogen-bond donors (Lipinski definition) is 2. The molecule has 11 rings (SSSR count). The second-order valence-electron chi connectivity index (χ2n) is 17.1. The quantitative estimate of drug-likeness (QED) is 0.178. The van der Waals surface area contributed by atoms with Crippen molar-refractivity contribution in [3.63, 3.8) is 0 Å². The first-order valence-corrected chi connectivity index (χ1v) is 21.3. The van der Waals surface area contributed by atoms with Gasteiger partial charge in [0.1, 0.15) is 11.2 Å². The van der Waals surface area contributed by atoms with E-state index in [1.165, 1.54) is 44.5 Å². The van der Waals surface area contributed by atoms with Crippen molar-refractivity contribution in [3.8, 4) is 22.3 Å². The molecular weight excluding hydrogens is 705 g/mol. The van der Waals surface area contributed by atoms with Gasteiger partial charge in [-0.05, 0) is 127 Å². The van der Waals surface area contributed by atoms with Crippen LogP contribution in [-0.4, -0.2) is 10.2 Å². The zero-order valence-corrected chi connectivity index (χ0v) is 33.7. The predicted molar refractivity (Wildman–Crippen MR) is 239 cm³/mol. The van der Waals surface area contributed by atoms with E-state index < -0.39 is 11.2 Å². The van der Waals surface area contributed by atoms with E-state index in [0.29, 0.717) is 22.3 Å². The van der Waals surface area contributed by atoms with Crippen LogP contribution in [-0.2, 0) is 22.0 Å². The number of hydrogen-bond acceptors (Lipinski definition) is 2. The van der Waals surface area contributed by atoms with Crippen molar-refractivity contribution in [3.05, 3.63) is 213 Å². The van der Waals surface area contributed by atoms with E-state index in [1.54, 1.807) is 0 Å². The zero-order valence-electron chi connectivity index (χ0n) is 33.7. The van der Waals surface area contributed by atoms with Crippen LogP contribution in [0, 0.1) is 0 Å². The molecule has 0 radical (unpaired) electrons. The van der Waals surface area contributed by atoms with E-state index in [4.69, 9.17) is 0 Å². The summed E-state index contributed by atoms with van der Waals surface area (Å²) in [5, 5.41) is 32.4. The molecular formula is C56H48O2. The van der Waals surface area contributed by atoms with Crippen LogP contribution in [0.5, 0.6) is 0 Å². The van der Waals surface area contributed by atoms with Crippen LogP contribution >= 0.6 is 0 Å². The summed E-state index contributed by atoms with van der Waals surface area (Å²) < 4.78 is 0. The highest BCUT2D eigenvalue weighted by Gasteiger charge is 2.53. The van der Waals surface area contributed by atoms with Crippen LogP contribution in [0.3, 0.4) is 0 Å². The molecule has 0 spiro atoms. The molecule has 2 N–H and O–H groups in total. The summed E-state index contributed by atoms with van der Waals surface area (Å²) >= 11 is 0. The third-order valence-electron chi connectivity index (χ3n) is 15.1. The van der Waals surface area contributed by atoms with E-state index in [-0.39, 0.29) is 10.8 Å². The minimum atomic E-state index is -1.58. The first kappa shape index (κ1) is 35.4. The molecule has 2 nitrogen and oxygen atoms in total. The monoisotopic (exact) mass is 752 g/mol. The van der Waals surface area contributed by atoms with Gasteiger partial charge in [0, 0.05) is 33.1 Å². The number of aliphatic hydroxyl groups is 2. The topological polar surface area (TPSA) is 40.5 Å². The Bertz CT molecular complexity index is 2710. The van der Waals surface area contributed by atoms with Gasteiger partial charge in [-0.25, -0.2) is 0 Å². The molecule has 0 saturated carbocycles. The Morgan fingerprint density at radius 3 is 0.931 bits per heavy atom. The summed E-state index contributed by atoms with van der Waals surface area (Å²) in [4.78, 5) is 0. The smallest absolute Gasteiger partial charge is 0.141 e. The maximum Gasteiger partial charge on any atom is 0.141 e. The van der Waals surface area contributed by atoms with Gasteiger partial charge < -0.3 is 10.2 Å². The molecule has 58 heavy (non-hydrogen) atoms. The van der Waals surface area contributed by atoms with E-state index in [9.17, 15) is 10.2 Å². The molecule has 0 bridgehead atoms. The third kappa shape index (κ3) is 4.30. The summed E-state index contributed by atoms with van der Waals surface area (Å²) in [7, 11) is 0. The summed E-state index contributed by atoms with van der Waals surface area (Å²) in [6, 6.07) is 56.3. The van der Waals surface area contributed by atoms with Crippen molar-refractivity contribution in [2.45, 2.75) is 75.4 Å².